The smallest absolute Gasteiger partial charge is 0.185 e. The summed E-state index contributed by atoms with van der Waals surface area (Å²) in [5.41, 5.74) is 10.4. The summed E-state index contributed by atoms with van der Waals surface area (Å²) in [5.74, 6) is 2.67. The first-order chi connectivity index (χ1) is 5.79. The number of hydrogen-bond donors (Lipinski definition) is 2. The summed E-state index contributed by atoms with van der Waals surface area (Å²) >= 11 is 2.01. The fourth-order valence-corrected chi connectivity index (χ4v) is 2.12. The molecule has 5 heteroatoms. The van der Waals surface area contributed by atoms with Gasteiger partial charge in [-0.1, -0.05) is 0 Å². The standard InChI is InChI=1S/C7H16N4S/c8-7(9)10-1-2-11-3-5-12-6-4-11/h1-6H2,(H4,8,9,10). The van der Waals surface area contributed by atoms with E-state index >= 15 is 0 Å². The molecule has 4 nitrogen and oxygen atoms in total. The summed E-state index contributed by atoms with van der Waals surface area (Å²) in [4.78, 5) is 6.33. The Morgan fingerprint density at radius 2 is 2.00 bits per heavy atom. The summed E-state index contributed by atoms with van der Waals surface area (Å²) in [6.07, 6.45) is 0. The van der Waals surface area contributed by atoms with Crippen LogP contribution in [0, 0.1) is 0 Å². The molecule has 1 aliphatic rings. The van der Waals surface area contributed by atoms with Crippen molar-refractivity contribution in [3.63, 3.8) is 0 Å². The van der Waals surface area contributed by atoms with Gasteiger partial charge in [-0.3, -0.25) is 9.89 Å². The Labute approximate surface area is 77.4 Å². The number of aliphatic imine (C=N–C) groups is 1. The molecule has 4 N–H and O–H groups in total. The van der Waals surface area contributed by atoms with Crippen LogP contribution in [0.3, 0.4) is 0 Å². The molecule has 0 unspecified atom stereocenters. The SMILES string of the molecule is NC(N)=NCCN1CCSCC1. The monoisotopic (exact) mass is 188 g/mol. The maximum absolute atomic E-state index is 5.21. The van der Waals surface area contributed by atoms with Crippen LogP contribution in [-0.4, -0.2) is 48.5 Å². The van der Waals surface area contributed by atoms with Crippen molar-refractivity contribution in [2.24, 2.45) is 16.5 Å². The van der Waals surface area contributed by atoms with Crippen molar-refractivity contribution in [1.29, 1.82) is 0 Å². The zero-order valence-electron chi connectivity index (χ0n) is 7.20. The summed E-state index contributed by atoms with van der Waals surface area (Å²) in [7, 11) is 0. The molecule has 1 aliphatic heterocycles. The van der Waals surface area contributed by atoms with E-state index in [1.807, 2.05) is 11.8 Å². The second kappa shape index (κ2) is 5.27. The highest BCUT2D eigenvalue weighted by Crippen LogP contribution is 2.07. The Morgan fingerprint density at radius 1 is 1.33 bits per heavy atom. The van der Waals surface area contributed by atoms with Gasteiger partial charge >= 0.3 is 0 Å². The van der Waals surface area contributed by atoms with E-state index in [0.29, 0.717) is 0 Å². The van der Waals surface area contributed by atoms with Gasteiger partial charge in [0, 0.05) is 31.1 Å². The minimum Gasteiger partial charge on any atom is -0.370 e. The summed E-state index contributed by atoms with van der Waals surface area (Å²) in [6, 6.07) is 0. The van der Waals surface area contributed by atoms with Gasteiger partial charge in [0.2, 0.25) is 0 Å². The first-order valence-corrected chi connectivity index (χ1v) is 5.30. The molecule has 0 amide bonds. The lowest BCUT2D eigenvalue weighted by Gasteiger charge is -2.25. The van der Waals surface area contributed by atoms with Crippen molar-refractivity contribution in [3.8, 4) is 0 Å². The van der Waals surface area contributed by atoms with Crippen LogP contribution in [-0.2, 0) is 0 Å². The zero-order valence-corrected chi connectivity index (χ0v) is 8.02. The molecule has 70 valence electrons. The molecular weight excluding hydrogens is 172 g/mol. The number of rotatable bonds is 3. The van der Waals surface area contributed by atoms with Crippen LogP contribution in [0.1, 0.15) is 0 Å². The molecule has 1 fully saturated rings. The molecule has 0 aliphatic carbocycles. The largest absolute Gasteiger partial charge is 0.370 e. The number of nitrogens with two attached hydrogens (primary N) is 2. The Balaban J connectivity index is 2.09. The second-order valence-corrected chi connectivity index (χ2v) is 3.99. The molecular formula is C7H16N4S. The normalized spacial score (nSPS) is 19.0. The summed E-state index contributed by atoms with van der Waals surface area (Å²) in [5, 5.41) is 0. The number of nitrogens with zero attached hydrogens (tertiary/aromatic N) is 2. The van der Waals surface area contributed by atoms with Gasteiger partial charge in [0.15, 0.2) is 5.96 Å². The van der Waals surface area contributed by atoms with E-state index in [2.05, 4.69) is 9.89 Å². The topological polar surface area (TPSA) is 67.6 Å². The molecule has 0 aromatic rings. The van der Waals surface area contributed by atoms with Gasteiger partial charge in [0.1, 0.15) is 0 Å². The van der Waals surface area contributed by atoms with E-state index in [-0.39, 0.29) is 5.96 Å². The average molecular weight is 188 g/mol. The van der Waals surface area contributed by atoms with Crippen LogP contribution in [0.15, 0.2) is 4.99 Å². The maximum Gasteiger partial charge on any atom is 0.185 e. The van der Waals surface area contributed by atoms with Crippen LogP contribution in [0.2, 0.25) is 0 Å². The third kappa shape index (κ3) is 3.82. The van der Waals surface area contributed by atoms with Crippen LogP contribution < -0.4 is 11.5 Å². The zero-order chi connectivity index (χ0) is 8.81. The molecule has 0 aromatic carbocycles. The van der Waals surface area contributed by atoms with E-state index in [0.717, 1.165) is 13.1 Å². The fraction of sp³-hybridized carbons (Fsp3) is 0.857. The lowest BCUT2D eigenvalue weighted by Crippen LogP contribution is -2.35. The average Bonchev–Trinajstić information content (AvgIpc) is 2.05. The van der Waals surface area contributed by atoms with Crippen molar-refractivity contribution in [1.82, 2.24) is 4.90 Å². The molecule has 0 bridgehead atoms. The number of thioether (sulfide) groups is 1. The third-order valence-corrected chi connectivity index (χ3v) is 2.76. The molecule has 0 spiro atoms. The van der Waals surface area contributed by atoms with E-state index in [4.69, 9.17) is 11.5 Å². The van der Waals surface area contributed by atoms with Crippen LogP contribution in [0.5, 0.6) is 0 Å². The predicted molar refractivity (Wildman–Crippen MR) is 54.4 cm³/mol. The lowest BCUT2D eigenvalue weighted by molar-refractivity contribution is 0.311. The molecule has 1 heterocycles. The Morgan fingerprint density at radius 3 is 2.58 bits per heavy atom. The predicted octanol–water partition coefficient (Wildman–Crippen LogP) is -0.691. The van der Waals surface area contributed by atoms with E-state index in [1.54, 1.807) is 0 Å². The van der Waals surface area contributed by atoms with Gasteiger partial charge < -0.3 is 11.5 Å². The first kappa shape index (κ1) is 9.67. The van der Waals surface area contributed by atoms with Crippen molar-refractivity contribution >= 4 is 17.7 Å². The number of hydrogen-bond acceptors (Lipinski definition) is 3. The molecule has 0 atom stereocenters. The number of guanidine groups is 1. The van der Waals surface area contributed by atoms with Crippen LogP contribution >= 0.6 is 11.8 Å². The van der Waals surface area contributed by atoms with Crippen molar-refractivity contribution in [2.45, 2.75) is 0 Å². The van der Waals surface area contributed by atoms with Gasteiger partial charge in [0.25, 0.3) is 0 Å². The van der Waals surface area contributed by atoms with Gasteiger partial charge in [0.05, 0.1) is 6.54 Å². The van der Waals surface area contributed by atoms with E-state index in [1.165, 1.54) is 24.6 Å². The highest BCUT2D eigenvalue weighted by molar-refractivity contribution is 7.99. The fourth-order valence-electron chi connectivity index (χ4n) is 1.15. The first-order valence-electron chi connectivity index (χ1n) is 4.14. The summed E-state index contributed by atoms with van der Waals surface area (Å²) < 4.78 is 0. The van der Waals surface area contributed by atoms with E-state index < -0.39 is 0 Å². The van der Waals surface area contributed by atoms with Crippen molar-refractivity contribution in [2.75, 3.05) is 37.7 Å². The van der Waals surface area contributed by atoms with Crippen molar-refractivity contribution in [3.05, 3.63) is 0 Å². The lowest BCUT2D eigenvalue weighted by atomic mass is 10.4. The molecule has 12 heavy (non-hydrogen) atoms. The second-order valence-electron chi connectivity index (χ2n) is 2.76. The highest BCUT2D eigenvalue weighted by atomic mass is 32.2. The minimum absolute atomic E-state index is 0.196. The maximum atomic E-state index is 5.21. The third-order valence-electron chi connectivity index (χ3n) is 1.81. The van der Waals surface area contributed by atoms with Gasteiger partial charge in [-0.05, 0) is 0 Å². The van der Waals surface area contributed by atoms with Gasteiger partial charge in [-0.25, -0.2) is 0 Å². The molecule has 1 rings (SSSR count). The molecule has 0 aromatic heterocycles. The van der Waals surface area contributed by atoms with Gasteiger partial charge in [-0.15, -0.1) is 0 Å². The van der Waals surface area contributed by atoms with E-state index in [9.17, 15) is 0 Å². The van der Waals surface area contributed by atoms with Crippen LogP contribution in [0.25, 0.3) is 0 Å². The quantitative estimate of drug-likeness (QED) is 0.454. The molecule has 1 saturated heterocycles. The minimum atomic E-state index is 0.196. The van der Waals surface area contributed by atoms with Gasteiger partial charge in [-0.2, -0.15) is 11.8 Å². The molecule has 0 radical (unpaired) electrons. The molecule has 0 saturated carbocycles. The highest BCUT2D eigenvalue weighted by Gasteiger charge is 2.08. The van der Waals surface area contributed by atoms with Crippen molar-refractivity contribution < 1.29 is 0 Å². The Bertz CT molecular complexity index is 149. The summed E-state index contributed by atoms with van der Waals surface area (Å²) in [6.45, 7) is 4.06. The Hall–Kier alpha value is -0.420. The van der Waals surface area contributed by atoms with Crippen LogP contribution in [0.4, 0.5) is 0 Å². The Kier molecular flexibility index (Phi) is 4.24.